The van der Waals surface area contributed by atoms with Gasteiger partial charge in [-0.3, -0.25) is 0 Å². The summed E-state index contributed by atoms with van der Waals surface area (Å²) in [5.74, 6) is 0.885. The normalized spacial score (nSPS) is 11.3. The summed E-state index contributed by atoms with van der Waals surface area (Å²) in [6.07, 6.45) is 0. The van der Waals surface area contributed by atoms with Crippen molar-refractivity contribution in [3.05, 3.63) is 261 Å². The minimum Gasteiger partial charge on any atom is -0.455 e. The Labute approximate surface area is 384 Å². The molecule has 0 saturated carbocycles. The lowest BCUT2D eigenvalue weighted by atomic mass is 9.93. The van der Waals surface area contributed by atoms with E-state index in [1.165, 1.54) is 43.8 Å². The van der Waals surface area contributed by atoms with Gasteiger partial charge in [0.05, 0.1) is 5.69 Å². The van der Waals surface area contributed by atoms with E-state index in [0.717, 1.165) is 72.7 Å². The maximum atomic E-state index is 6.57. The van der Waals surface area contributed by atoms with Crippen molar-refractivity contribution in [3.8, 4) is 67.0 Å². The van der Waals surface area contributed by atoms with Gasteiger partial charge in [-0.2, -0.15) is 0 Å². The molecule has 11 aromatic carbocycles. The Morgan fingerprint density at radius 2 is 0.758 bits per heavy atom. The molecule has 310 valence electrons. The number of para-hydroxylation sites is 2. The number of nitrogens with zero attached hydrogens (tertiary/aromatic N) is 1. The van der Waals surface area contributed by atoms with Gasteiger partial charge < -0.3 is 9.32 Å². The van der Waals surface area contributed by atoms with Gasteiger partial charge in [0, 0.05) is 33.5 Å². The van der Waals surface area contributed by atoms with Crippen molar-refractivity contribution in [1.29, 1.82) is 0 Å². The lowest BCUT2D eigenvalue weighted by Crippen LogP contribution is -2.11. The van der Waals surface area contributed by atoms with E-state index < -0.39 is 0 Å². The van der Waals surface area contributed by atoms with Gasteiger partial charge in [-0.1, -0.05) is 212 Å². The van der Waals surface area contributed by atoms with Gasteiger partial charge in [0.1, 0.15) is 11.3 Å². The van der Waals surface area contributed by atoms with Crippen LogP contribution in [0.25, 0.3) is 99.5 Å². The summed E-state index contributed by atoms with van der Waals surface area (Å²) in [4.78, 5) is 2.38. The van der Waals surface area contributed by atoms with Crippen LogP contribution in [0.2, 0.25) is 0 Å². The van der Waals surface area contributed by atoms with Crippen LogP contribution >= 0.6 is 0 Å². The zero-order chi connectivity index (χ0) is 43.8. The van der Waals surface area contributed by atoms with Gasteiger partial charge in [-0.25, -0.2) is 0 Å². The average molecular weight is 842 g/mol. The number of furan rings is 1. The molecule has 0 spiro atoms. The lowest BCUT2D eigenvalue weighted by molar-refractivity contribution is 0.632. The fraction of sp³-hybridized carbons (Fsp3) is 0. The molecule has 2 nitrogen and oxygen atoms in total. The zero-order valence-electron chi connectivity index (χ0n) is 36.2. The Bertz CT molecular complexity index is 3660. The lowest BCUT2D eigenvalue weighted by Gasteiger charge is -2.28. The summed E-state index contributed by atoms with van der Waals surface area (Å²) in [5, 5.41) is 6.17. The predicted octanol–water partition coefficient (Wildman–Crippen LogP) is 18.2. The summed E-state index contributed by atoms with van der Waals surface area (Å²) in [6, 6.07) is 93.6. The smallest absolute Gasteiger partial charge is 0.143 e. The fourth-order valence-electron chi connectivity index (χ4n) is 9.68. The van der Waals surface area contributed by atoms with E-state index in [1.54, 1.807) is 0 Å². The summed E-state index contributed by atoms with van der Waals surface area (Å²) >= 11 is 0. The van der Waals surface area contributed by atoms with Crippen LogP contribution in [0.3, 0.4) is 0 Å². The second-order valence-electron chi connectivity index (χ2n) is 16.8. The van der Waals surface area contributed by atoms with Crippen molar-refractivity contribution in [2.24, 2.45) is 0 Å². The van der Waals surface area contributed by atoms with Crippen LogP contribution < -0.4 is 4.90 Å². The molecule has 12 aromatic rings. The Kier molecular flexibility index (Phi) is 9.89. The molecule has 0 aliphatic heterocycles. The Balaban J connectivity index is 0.883. The molecule has 0 amide bonds. The van der Waals surface area contributed by atoms with Crippen molar-refractivity contribution >= 4 is 49.6 Å². The first kappa shape index (κ1) is 38.9. The molecule has 66 heavy (non-hydrogen) atoms. The van der Waals surface area contributed by atoms with Crippen molar-refractivity contribution in [1.82, 2.24) is 0 Å². The Morgan fingerprint density at radius 3 is 1.47 bits per heavy atom. The van der Waals surface area contributed by atoms with E-state index >= 15 is 0 Å². The van der Waals surface area contributed by atoms with Gasteiger partial charge in [0.2, 0.25) is 0 Å². The Hall–Kier alpha value is -8.72. The van der Waals surface area contributed by atoms with Crippen LogP contribution in [0.1, 0.15) is 0 Å². The fourth-order valence-corrected chi connectivity index (χ4v) is 9.68. The molecule has 1 aromatic heterocycles. The number of hydrogen-bond acceptors (Lipinski definition) is 2. The molecule has 0 N–H and O–H groups in total. The quantitative estimate of drug-likeness (QED) is 0.135. The van der Waals surface area contributed by atoms with E-state index in [-0.39, 0.29) is 0 Å². The highest BCUT2D eigenvalue weighted by Gasteiger charge is 2.20. The number of benzene rings is 11. The van der Waals surface area contributed by atoms with Crippen molar-refractivity contribution < 1.29 is 4.42 Å². The third kappa shape index (κ3) is 7.12. The average Bonchev–Trinajstić information content (AvgIpc) is 3.80. The third-order valence-electron chi connectivity index (χ3n) is 12.9. The van der Waals surface area contributed by atoms with Crippen LogP contribution in [-0.4, -0.2) is 0 Å². The summed E-state index contributed by atoms with van der Waals surface area (Å²) in [5.41, 5.74) is 16.9. The third-order valence-corrected chi connectivity index (χ3v) is 12.9. The monoisotopic (exact) mass is 841 g/mol. The highest BCUT2D eigenvalue weighted by molar-refractivity contribution is 6.14. The van der Waals surface area contributed by atoms with Gasteiger partial charge in [0.25, 0.3) is 0 Å². The van der Waals surface area contributed by atoms with Crippen LogP contribution in [0, 0.1) is 0 Å². The molecule has 0 aliphatic rings. The predicted molar refractivity (Wildman–Crippen MR) is 279 cm³/mol. The molecule has 2 heteroatoms. The van der Waals surface area contributed by atoms with Gasteiger partial charge in [0.15, 0.2) is 0 Å². The maximum absolute atomic E-state index is 6.57. The van der Waals surface area contributed by atoms with Crippen LogP contribution in [-0.2, 0) is 0 Å². The molecule has 0 radical (unpaired) electrons. The molecular formula is C64H43NO. The van der Waals surface area contributed by atoms with E-state index in [0.29, 0.717) is 0 Å². The van der Waals surface area contributed by atoms with E-state index in [1.807, 2.05) is 12.1 Å². The van der Waals surface area contributed by atoms with Gasteiger partial charge >= 0.3 is 0 Å². The topological polar surface area (TPSA) is 16.4 Å². The molecule has 1 heterocycles. The zero-order valence-corrected chi connectivity index (χ0v) is 36.2. The number of anilines is 3. The van der Waals surface area contributed by atoms with E-state index in [4.69, 9.17) is 4.42 Å². The molecule has 0 saturated heterocycles. The maximum Gasteiger partial charge on any atom is 0.143 e. The first-order chi connectivity index (χ1) is 32.7. The largest absolute Gasteiger partial charge is 0.455 e. The summed E-state index contributed by atoms with van der Waals surface area (Å²) in [7, 11) is 0. The second-order valence-corrected chi connectivity index (χ2v) is 16.8. The van der Waals surface area contributed by atoms with Crippen LogP contribution in [0.5, 0.6) is 0 Å². The molecule has 0 aliphatic carbocycles. The summed E-state index contributed by atoms with van der Waals surface area (Å²) in [6.45, 7) is 0. The highest BCUT2D eigenvalue weighted by atomic mass is 16.3. The van der Waals surface area contributed by atoms with E-state index in [2.05, 4.69) is 254 Å². The molecule has 0 bridgehead atoms. The molecule has 0 unspecified atom stereocenters. The molecular weight excluding hydrogens is 799 g/mol. The minimum atomic E-state index is 0.885. The summed E-state index contributed by atoms with van der Waals surface area (Å²) < 4.78 is 6.57. The number of rotatable bonds is 9. The van der Waals surface area contributed by atoms with Gasteiger partial charge in [-0.15, -0.1) is 0 Å². The van der Waals surface area contributed by atoms with Crippen molar-refractivity contribution in [2.75, 3.05) is 4.90 Å². The number of fused-ring (bicyclic) bond motifs is 4. The standard InChI is InChI=1S/C64H43NO/c1-3-16-47(17-4-1)56-24-11-13-28-61(56)65(54-40-36-48(37-41-54)60-43-51-20-7-8-23-55(51)57-25-9-10-26-58(57)60)53-38-34-45(35-39-53)44-30-32-46(33-31-44)50-21-15-22-52(42-50)64-63(49-18-5-2-6-19-49)59-27-12-14-29-62(59)66-64/h1-43H. The SMILES string of the molecule is c1ccc(-c2ccccc2N(c2ccc(-c3ccc(-c4cccc(-c5oc6ccccc6c5-c5ccccc5)c4)cc3)cc2)c2ccc(-c3cc4ccccc4c4ccccc34)cc2)cc1. The van der Waals surface area contributed by atoms with Crippen molar-refractivity contribution in [3.63, 3.8) is 0 Å². The highest BCUT2D eigenvalue weighted by Crippen LogP contribution is 2.44. The first-order valence-corrected chi connectivity index (χ1v) is 22.6. The first-order valence-electron chi connectivity index (χ1n) is 22.6. The molecule has 12 rings (SSSR count). The Morgan fingerprint density at radius 1 is 0.273 bits per heavy atom. The molecule has 0 fully saturated rings. The second kappa shape index (κ2) is 16.8. The molecule has 0 atom stereocenters. The van der Waals surface area contributed by atoms with Gasteiger partial charge in [-0.05, 0) is 115 Å². The van der Waals surface area contributed by atoms with Crippen LogP contribution in [0.15, 0.2) is 265 Å². The van der Waals surface area contributed by atoms with Crippen LogP contribution in [0.4, 0.5) is 17.1 Å². The van der Waals surface area contributed by atoms with Crippen molar-refractivity contribution in [2.45, 2.75) is 0 Å². The minimum absolute atomic E-state index is 0.885. The number of hydrogen-bond donors (Lipinski definition) is 0. The van der Waals surface area contributed by atoms with E-state index in [9.17, 15) is 0 Å².